The Labute approximate surface area is 146 Å². The van der Waals surface area contributed by atoms with E-state index in [1.807, 2.05) is 42.5 Å². The second kappa shape index (κ2) is 7.77. The molecule has 0 aliphatic rings. The summed E-state index contributed by atoms with van der Waals surface area (Å²) in [5.41, 5.74) is 6.42. The van der Waals surface area contributed by atoms with Crippen LogP contribution in [0.4, 0.5) is 5.69 Å². The molecule has 0 amide bonds. The molecule has 0 radical (unpaired) electrons. The van der Waals surface area contributed by atoms with Crippen molar-refractivity contribution in [2.75, 3.05) is 12.5 Å². The maximum atomic E-state index is 11.6. The second-order valence-electron chi connectivity index (χ2n) is 4.98. The number of benzene rings is 2. The molecule has 0 bridgehead atoms. The van der Waals surface area contributed by atoms with Crippen LogP contribution in [0.25, 0.3) is 0 Å². The van der Waals surface area contributed by atoms with Gasteiger partial charge in [-0.1, -0.05) is 0 Å². The molecule has 120 valence electrons. The van der Waals surface area contributed by atoms with Crippen LogP contribution >= 0.6 is 0 Å². The molecule has 1 N–H and O–H groups in total. The number of hydrazone groups is 1. The molecule has 0 aliphatic carbocycles. The van der Waals surface area contributed by atoms with Crippen LogP contribution in [0.2, 0.25) is 0 Å². The number of para-hydroxylation sites is 1. The predicted molar refractivity (Wildman–Crippen MR) is 96.9 cm³/mol. The molecule has 2 aromatic carbocycles. The molecule has 24 heavy (non-hydrogen) atoms. The summed E-state index contributed by atoms with van der Waals surface area (Å²) in [6, 6.07) is 21.3. The van der Waals surface area contributed by atoms with E-state index in [0.717, 1.165) is 17.0 Å². The van der Waals surface area contributed by atoms with Crippen molar-refractivity contribution >= 4 is 31.9 Å². The summed E-state index contributed by atoms with van der Waals surface area (Å²) in [5.74, 6) is -0.339. The zero-order chi connectivity index (χ0) is 16.8. The van der Waals surface area contributed by atoms with Crippen LogP contribution in [0.15, 0.2) is 76.8 Å². The van der Waals surface area contributed by atoms with E-state index < -0.39 is 0 Å². The van der Waals surface area contributed by atoms with Crippen molar-refractivity contribution in [3.05, 3.63) is 87.2 Å². The number of methoxy groups -OCH3 is 1. The number of carbonyl (C=O) groups is 1. The summed E-state index contributed by atoms with van der Waals surface area (Å²) >= 11 is 0.262. The Bertz CT molecular complexity index is 826. The van der Waals surface area contributed by atoms with Gasteiger partial charge in [-0.2, -0.15) is 0 Å². The van der Waals surface area contributed by atoms with Crippen LogP contribution in [0, 0.1) is 0 Å². The van der Waals surface area contributed by atoms with Gasteiger partial charge >= 0.3 is 146 Å². The van der Waals surface area contributed by atoms with Crippen molar-refractivity contribution < 1.29 is 9.53 Å². The van der Waals surface area contributed by atoms with Crippen molar-refractivity contribution in [1.82, 2.24) is 0 Å². The fourth-order valence-corrected chi connectivity index (χ4v) is 3.73. The molecule has 3 rings (SSSR count). The third-order valence-corrected chi connectivity index (χ3v) is 5.24. The van der Waals surface area contributed by atoms with Crippen molar-refractivity contribution in [2.45, 2.75) is 0 Å². The van der Waals surface area contributed by atoms with Crippen molar-refractivity contribution in [1.29, 1.82) is 0 Å². The first-order valence-corrected chi connectivity index (χ1v) is 9.24. The van der Waals surface area contributed by atoms with E-state index in [1.165, 1.54) is 11.5 Å². The van der Waals surface area contributed by atoms with E-state index in [1.54, 1.807) is 12.1 Å². The Morgan fingerprint density at radius 1 is 0.958 bits per heavy atom. The molecule has 1 aromatic heterocycles. The molecular weight excluding hydrogens is 367 g/mol. The van der Waals surface area contributed by atoms with Crippen LogP contribution in [0.1, 0.15) is 20.4 Å². The van der Waals surface area contributed by atoms with Crippen LogP contribution in [0.3, 0.4) is 0 Å². The monoisotopic (exact) mass is 384 g/mol. The number of rotatable bonds is 5. The van der Waals surface area contributed by atoms with Gasteiger partial charge in [0, 0.05) is 0 Å². The minimum atomic E-state index is -0.339. The third kappa shape index (κ3) is 3.82. The van der Waals surface area contributed by atoms with E-state index in [2.05, 4.69) is 27.6 Å². The first kappa shape index (κ1) is 16.2. The molecule has 5 heteroatoms. The Hall–Kier alpha value is -2.62. The van der Waals surface area contributed by atoms with Crippen molar-refractivity contribution in [2.24, 2.45) is 5.10 Å². The van der Waals surface area contributed by atoms with Gasteiger partial charge in [0.1, 0.15) is 0 Å². The molecule has 0 aliphatic heterocycles. The van der Waals surface area contributed by atoms with Gasteiger partial charge in [-0.3, -0.25) is 0 Å². The normalized spacial score (nSPS) is 11.1. The summed E-state index contributed by atoms with van der Waals surface area (Å²) in [6.07, 6.45) is 0. The quantitative estimate of drug-likeness (QED) is 0.318. The Balaban J connectivity index is 1.92. The van der Waals surface area contributed by atoms with Gasteiger partial charge < -0.3 is 0 Å². The van der Waals surface area contributed by atoms with Crippen LogP contribution < -0.4 is 5.43 Å². The molecule has 0 fully saturated rings. The topological polar surface area (TPSA) is 50.7 Å². The summed E-state index contributed by atoms with van der Waals surface area (Å²) in [7, 11) is 1.38. The number of hydrogen-bond donors (Lipinski definition) is 1. The number of hydrogen-bond acceptors (Lipinski definition) is 4. The zero-order valence-corrected chi connectivity index (χ0v) is 14.8. The summed E-state index contributed by atoms with van der Waals surface area (Å²) in [6.45, 7) is 0. The van der Waals surface area contributed by atoms with E-state index in [4.69, 9.17) is 4.74 Å². The van der Waals surface area contributed by atoms with Gasteiger partial charge in [0.2, 0.25) is 0 Å². The van der Waals surface area contributed by atoms with E-state index in [9.17, 15) is 4.79 Å². The SMILES string of the molecule is COC(=O)c1ccc(/C(=N\Nc2ccccc2)c2ccc[se]2)cc1. The summed E-state index contributed by atoms with van der Waals surface area (Å²) < 4.78 is 5.93. The molecule has 4 nitrogen and oxygen atoms in total. The molecule has 0 saturated carbocycles. The molecule has 0 atom stereocenters. The van der Waals surface area contributed by atoms with Gasteiger partial charge in [-0.05, 0) is 0 Å². The van der Waals surface area contributed by atoms with Crippen LogP contribution in [0.5, 0.6) is 0 Å². The maximum absolute atomic E-state index is 11.6. The molecule has 0 saturated heterocycles. The van der Waals surface area contributed by atoms with E-state index in [0.29, 0.717) is 5.56 Å². The molecule has 3 aromatic rings. The number of nitrogens with zero attached hydrogens (tertiary/aromatic N) is 1. The molecule has 0 unspecified atom stereocenters. The number of carbonyl (C=O) groups excluding carboxylic acids is 1. The second-order valence-corrected chi connectivity index (χ2v) is 6.97. The average molecular weight is 383 g/mol. The third-order valence-electron chi connectivity index (χ3n) is 3.40. The number of ether oxygens (including phenoxy) is 1. The van der Waals surface area contributed by atoms with Gasteiger partial charge in [0.15, 0.2) is 0 Å². The Morgan fingerprint density at radius 3 is 2.29 bits per heavy atom. The van der Waals surface area contributed by atoms with Crippen molar-refractivity contribution in [3.63, 3.8) is 0 Å². The molecular formula is C19H16N2O2Se. The average Bonchev–Trinajstić information content (AvgIpc) is 3.17. The zero-order valence-electron chi connectivity index (χ0n) is 13.1. The van der Waals surface area contributed by atoms with Gasteiger partial charge in [-0.15, -0.1) is 0 Å². The van der Waals surface area contributed by atoms with Gasteiger partial charge in [0.05, 0.1) is 0 Å². The van der Waals surface area contributed by atoms with Gasteiger partial charge in [-0.25, -0.2) is 0 Å². The van der Waals surface area contributed by atoms with Gasteiger partial charge in [0.25, 0.3) is 0 Å². The molecule has 1 heterocycles. The number of nitrogens with one attached hydrogen (secondary N) is 1. The minimum absolute atomic E-state index is 0.262. The fraction of sp³-hybridized carbons (Fsp3) is 0.0526. The predicted octanol–water partition coefficient (Wildman–Crippen LogP) is 3.39. The first-order chi connectivity index (χ1) is 11.8. The Morgan fingerprint density at radius 2 is 1.67 bits per heavy atom. The fourth-order valence-electron chi connectivity index (χ4n) is 2.19. The standard InChI is InChI=1S/C19H16N2O2Se/c1-23-19(22)15-11-9-14(10-12-15)18(17-8-5-13-24-17)21-20-16-6-3-2-4-7-16/h2-13,20H,1H3/b21-18+. The summed E-state index contributed by atoms with van der Waals surface area (Å²) in [5, 5.41) is 4.60. The van der Waals surface area contributed by atoms with E-state index in [-0.39, 0.29) is 20.5 Å². The Kier molecular flexibility index (Phi) is 5.26. The number of esters is 1. The van der Waals surface area contributed by atoms with E-state index >= 15 is 0 Å². The molecule has 0 spiro atoms. The van der Waals surface area contributed by atoms with Crippen LogP contribution in [-0.2, 0) is 4.74 Å². The summed E-state index contributed by atoms with van der Waals surface area (Å²) in [4.78, 5) is 13.7. The first-order valence-electron chi connectivity index (χ1n) is 7.39. The van der Waals surface area contributed by atoms with Crippen LogP contribution in [-0.4, -0.2) is 33.3 Å². The van der Waals surface area contributed by atoms with Crippen molar-refractivity contribution in [3.8, 4) is 0 Å². The number of anilines is 1.